The van der Waals surface area contributed by atoms with Gasteiger partial charge in [0.25, 0.3) is 15.7 Å². The number of hydrogen-bond donors (Lipinski definition) is 2. The summed E-state index contributed by atoms with van der Waals surface area (Å²) in [6.45, 7) is 1.72. The minimum Gasteiger partial charge on any atom is -0.493 e. The molecule has 26 heavy (non-hydrogen) atoms. The molecular weight excluding hydrogens is 384 g/mol. The lowest BCUT2D eigenvalue weighted by Gasteiger charge is -1.99. The molecule has 2 aromatic carbocycles. The number of halogens is 1. The van der Waals surface area contributed by atoms with Crippen molar-refractivity contribution >= 4 is 43.9 Å². The fourth-order valence-corrected chi connectivity index (χ4v) is 3.31. The Morgan fingerprint density at radius 2 is 2.00 bits per heavy atom. The number of nitrogens with zero attached hydrogens (tertiary/aromatic N) is 3. The molecule has 0 radical (unpaired) electrons. The lowest BCUT2D eigenvalue weighted by atomic mass is 10.1. The summed E-state index contributed by atoms with van der Waals surface area (Å²) in [7, 11) is -4.29. The molecule has 0 spiro atoms. The molecule has 1 heterocycles. The molecule has 3 rings (SSSR count). The molecule has 3 aromatic rings. The number of non-ortho nitro benzene ring substituents is 1. The summed E-state index contributed by atoms with van der Waals surface area (Å²) in [5, 5.41) is 25.3. The summed E-state index contributed by atoms with van der Waals surface area (Å²) in [4.78, 5) is 12.4. The van der Waals surface area contributed by atoms with Crippen LogP contribution in [-0.2, 0) is 10.0 Å². The van der Waals surface area contributed by atoms with Crippen LogP contribution in [0.3, 0.4) is 0 Å². The predicted octanol–water partition coefficient (Wildman–Crippen LogP) is 4.22. The summed E-state index contributed by atoms with van der Waals surface area (Å²) < 4.78 is 27.8. The lowest BCUT2D eigenvalue weighted by Crippen LogP contribution is -1.97. The van der Waals surface area contributed by atoms with Crippen molar-refractivity contribution in [3.63, 3.8) is 0 Å². The smallest absolute Gasteiger partial charge is 0.300 e. The van der Waals surface area contributed by atoms with Crippen molar-refractivity contribution in [2.24, 2.45) is 9.63 Å². The molecular formula is C15H11ClN4O5S. The number of nitro groups is 1. The van der Waals surface area contributed by atoms with Gasteiger partial charge in [-0.3, -0.25) is 10.1 Å². The normalized spacial score (nSPS) is 12.1. The van der Waals surface area contributed by atoms with E-state index in [2.05, 4.69) is 14.6 Å². The highest BCUT2D eigenvalue weighted by Crippen LogP contribution is 2.39. The molecule has 0 saturated heterocycles. The van der Waals surface area contributed by atoms with Crippen LogP contribution in [0.25, 0.3) is 10.9 Å². The fourth-order valence-electron chi connectivity index (χ4n) is 2.35. The van der Waals surface area contributed by atoms with Crippen LogP contribution < -0.4 is 0 Å². The van der Waals surface area contributed by atoms with E-state index in [0.29, 0.717) is 21.5 Å². The maximum Gasteiger partial charge on any atom is 0.300 e. The number of hydrogen-bond acceptors (Lipinski definition) is 6. The number of benzene rings is 2. The minimum atomic E-state index is -4.29. The zero-order chi connectivity index (χ0) is 19.1. The molecule has 0 amide bonds. The average molecular weight is 395 g/mol. The molecule has 0 atom stereocenters. The summed E-state index contributed by atoms with van der Waals surface area (Å²) in [6.07, 6.45) is 0. The van der Waals surface area contributed by atoms with Crippen LogP contribution in [0.4, 0.5) is 11.4 Å². The summed E-state index contributed by atoms with van der Waals surface area (Å²) >= 11 is 6.01. The summed E-state index contributed by atoms with van der Waals surface area (Å²) in [5.41, 5.74) is 0.689. The largest absolute Gasteiger partial charge is 0.493 e. The second kappa shape index (κ2) is 6.39. The Morgan fingerprint density at radius 3 is 2.69 bits per heavy atom. The average Bonchev–Trinajstić information content (AvgIpc) is 2.93. The summed E-state index contributed by atoms with van der Waals surface area (Å²) in [5.74, 6) is -0.372. The molecule has 0 unspecified atom stereocenters. The first-order valence-electron chi connectivity index (χ1n) is 7.13. The highest BCUT2D eigenvalue weighted by atomic mass is 35.5. The second-order valence-corrected chi connectivity index (χ2v) is 7.32. The van der Waals surface area contributed by atoms with Crippen molar-refractivity contribution in [2.45, 2.75) is 11.8 Å². The maximum absolute atomic E-state index is 12.3. The van der Waals surface area contributed by atoms with Crippen LogP contribution >= 0.6 is 11.6 Å². The molecule has 0 aliphatic rings. The molecule has 0 fully saturated rings. The van der Waals surface area contributed by atoms with E-state index in [1.807, 2.05) is 0 Å². The van der Waals surface area contributed by atoms with Crippen molar-refractivity contribution in [2.75, 3.05) is 0 Å². The Hall–Kier alpha value is -2.98. The van der Waals surface area contributed by atoms with Gasteiger partial charge in [-0.15, -0.1) is 5.11 Å². The highest BCUT2D eigenvalue weighted by Gasteiger charge is 2.19. The minimum absolute atomic E-state index is 0.0752. The summed E-state index contributed by atoms with van der Waals surface area (Å²) in [6, 6.07) is 7.59. The Kier molecular flexibility index (Phi) is 4.38. The van der Waals surface area contributed by atoms with Gasteiger partial charge in [0, 0.05) is 22.5 Å². The monoisotopic (exact) mass is 394 g/mol. The third-order valence-electron chi connectivity index (χ3n) is 3.70. The predicted molar refractivity (Wildman–Crippen MR) is 94.5 cm³/mol. The first-order chi connectivity index (χ1) is 12.2. The number of fused-ring (bicyclic) bond motifs is 1. The second-order valence-electron chi connectivity index (χ2n) is 5.33. The van der Waals surface area contributed by atoms with Crippen LogP contribution in [0.5, 0.6) is 5.88 Å². The zero-order valence-corrected chi connectivity index (χ0v) is 14.7. The van der Waals surface area contributed by atoms with Gasteiger partial charge >= 0.3 is 0 Å². The molecule has 9 nitrogen and oxygen atoms in total. The van der Waals surface area contributed by atoms with Gasteiger partial charge in [0.05, 0.1) is 15.3 Å². The fraction of sp³-hybridized carbons (Fsp3) is 0.0667. The number of H-pyrrole nitrogens is 1. The van der Waals surface area contributed by atoms with Gasteiger partial charge in [-0.2, -0.15) is 8.42 Å². The quantitative estimate of drug-likeness (QED) is 0.387. The molecule has 0 bridgehead atoms. The number of aryl methyl sites for hydroxylation is 1. The van der Waals surface area contributed by atoms with E-state index < -0.39 is 14.9 Å². The molecule has 0 aliphatic carbocycles. The number of aromatic hydroxyl groups is 1. The zero-order valence-electron chi connectivity index (χ0n) is 13.2. The van der Waals surface area contributed by atoms with Gasteiger partial charge < -0.3 is 10.1 Å². The van der Waals surface area contributed by atoms with E-state index in [-0.39, 0.29) is 22.2 Å². The first kappa shape index (κ1) is 17.8. The number of aromatic amines is 1. The Labute approximate surface area is 152 Å². The van der Waals surface area contributed by atoms with Gasteiger partial charge in [-0.05, 0) is 30.7 Å². The number of sulfonamides is 1. The van der Waals surface area contributed by atoms with Crippen molar-refractivity contribution in [1.29, 1.82) is 0 Å². The number of rotatable bonds is 4. The van der Waals surface area contributed by atoms with Crippen LogP contribution in [-0.4, -0.2) is 23.4 Å². The first-order valence-corrected chi connectivity index (χ1v) is 8.95. The standard InChI is InChI=1S/C15H11ClN4O5S/c1-8-12(16)6-5-11-13(8)17-15(21)14(11)18-19-26(24,25)10-4-2-3-9(7-10)20(22)23/h2-7,17,21H,1H3. The van der Waals surface area contributed by atoms with Crippen LogP contribution in [0, 0.1) is 17.0 Å². The topological polar surface area (TPSA) is 138 Å². The van der Waals surface area contributed by atoms with E-state index in [4.69, 9.17) is 11.6 Å². The number of nitrogens with one attached hydrogen (secondary N) is 1. The van der Waals surface area contributed by atoms with Crippen molar-refractivity contribution in [1.82, 2.24) is 4.98 Å². The van der Waals surface area contributed by atoms with E-state index in [9.17, 15) is 23.6 Å². The Bertz CT molecular complexity index is 1170. The van der Waals surface area contributed by atoms with E-state index in [1.54, 1.807) is 19.1 Å². The van der Waals surface area contributed by atoms with E-state index in [1.165, 1.54) is 12.1 Å². The van der Waals surface area contributed by atoms with Gasteiger partial charge in [-0.25, -0.2) is 0 Å². The molecule has 0 aliphatic heterocycles. The molecule has 0 saturated carbocycles. The third kappa shape index (κ3) is 3.11. The molecule has 134 valence electrons. The van der Waals surface area contributed by atoms with Gasteiger partial charge in [-0.1, -0.05) is 22.2 Å². The maximum atomic E-state index is 12.3. The number of nitro benzene ring substituents is 1. The van der Waals surface area contributed by atoms with Crippen molar-refractivity contribution in [3.05, 3.63) is 57.1 Å². The van der Waals surface area contributed by atoms with Gasteiger partial charge in [0.2, 0.25) is 5.88 Å². The van der Waals surface area contributed by atoms with Crippen molar-refractivity contribution in [3.8, 4) is 5.88 Å². The van der Waals surface area contributed by atoms with Gasteiger partial charge in [0.1, 0.15) is 0 Å². The van der Waals surface area contributed by atoms with E-state index in [0.717, 1.165) is 12.1 Å². The molecule has 1 aromatic heterocycles. The molecule has 2 N–H and O–H groups in total. The van der Waals surface area contributed by atoms with Crippen molar-refractivity contribution < 1.29 is 18.4 Å². The van der Waals surface area contributed by atoms with Gasteiger partial charge in [0.15, 0.2) is 5.69 Å². The van der Waals surface area contributed by atoms with Crippen LogP contribution in [0.15, 0.2) is 50.9 Å². The Morgan fingerprint density at radius 1 is 1.27 bits per heavy atom. The number of aromatic nitrogens is 1. The lowest BCUT2D eigenvalue weighted by molar-refractivity contribution is -0.385. The Balaban J connectivity index is 2.06. The SMILES string of the molecule is Cc1c(Cl)ccc2c(N=NS(=O)(=O)c3cccc([N+](=O)[O-])c3)c(O)[nH]c12. The van der Waals surface area contributed by atoms with Crippen LogP contribution in [0.1, 0.15) is 5.56 Å². The highest BCUT2D eigenvalue weighted by molar-refractivity contribution is 7.90. The third-order valence-corrected chi connectivity index (χ3v) is 5.25. The van der Waals surface area contributed by atoms with Crippen LogP contribution in [0.2, 0.25) is 5.02 Å². The molecule has 11 heteroatoms. The van der Waals surface area contributed by atoms with E-state index >= 15 is 0 Å².